The number of hydrogen-bond acceptors (Lipinski definition) is 5. The fourth-order valence-corrected chi connectivity index (χ4v) is 3.41. The number of aromatic nitrogens is 4. The second-order valence-corrected chi connectivity index (χ2v) is 7.97. The number of H-pyrrole nitrogens is 2. The number of nitrogens with zero attached hydrogens (tertiary/aromatic N) is 4. The predicted molar refractivity (Wildman–Crippen MR) is 123 cm³/mol. The highest BCUT2D eigenvalue weighted by Gasteiger charge is 2.18. The molecule has 10 heteroatoms. The van der Waals surface area contributed by atoms with Crippen LogP contribution in [-0.4, -0.2) is 76.3 Å². The zero-order chi connectivity index (χ0) is 23.1. The van der Waals surface area contributed by atoms with Crippen molar-refractivity contribution in [3.05, 3.63) is 24.1 Å². The van der Waals surface area contributed by atoms with E-state index in [1.807, 2.05) is 32.8 Å². The van der Waals surface area contributed by atoms with Gasteiger partial charge in [0, 0.05) is 31.8 Å². The van der Waals surface area contributed by atoms with Gasteiger partial charge in [0.25, 0.3) is 0 Å². The van der Waals surface area contributed by atoms with Gasteiger partial charge in [0.15, 0.2) is 17.4 Å². The molecule has 2 heterocycles. The van der Waals surface area contributed by atoms with E-state index in [1.54, 1.807) is 11.0 Å². The number of rotatable bonds is 11. The first-order chi connectivity index (χ1) is 15.4. The molecule has 0 radical (unpaired) electrons. The molecule has 3 rings (SSSR count). The Labute approximate surface area is 187 Å². The maximum absolute atomic E-state index is 14.5. The van der Waals surface area contributed by atoms with Crippen LogP contribution in [0.3, 0.4) is 0 Å². The van der Waals surface area contributed by atoms with Gasteiger partial charge in [-0.2, -0.15) is 5.10 Å². The lowest BCUT2D eigenvalue weighted by Gasteiger charge is -2.21. The van der Waals surface area contributed by atoms with E-state index >= 15 is 0 Å². The van der Waals surface area contributed by atoms with Gasteiger partial charge in [0.05, 0.1) is 29.5 Å². The molecule has 0 aliphatic rings. The van der Waals surface area contributed by atoms with Crippen molar-refractivity contribution in [3.8, 4) is 17.3 Å². The van der Waals surface area contributed by atoms with Crippen LogP contribution in [0, 0.1) is 5.82 Å². The molecule has 3 N–H and O–H groups in total. The van der Waals surface area contributed by atoms with Crippen molar-refractivity contribution in [1.29, 1.82) is 0 Å². The van der Waals surface area contributed by atoms with Crippen molar-refractivity contribution in [2.24, 2.45) is 0 Å². The fraction of sp³-hybridized carbons (Fsp3) is 0.500. The van der Waals surface area contributed by atoms with Crippen molar-refractivity contribution in [3.63, 3.8) is 0 Å². The number of benzene rings is 1. The Morgan fingerprint density at radius 1 is 1.19 bits per heavy atom. The van der Waals surface area contributed by atoms with Gasteiger partial charge in [-0.1, -0.05) is 13.8 Å². The number of amides is 2. The number of hydrogen-bond donors (Lipinski definition) is 3. The SMILES string of the molecule is CCCN(CCC)C(=O)Nc1cn[nH]c1-c1nc2cc(OCCCN(C)C)c(F)cc2[nH]1. The Morgan fingerprint density at radius 3 is 2.62 bits per heavy atom. The third-order valence-corrected chi connectivity index (χ3v) is 4.93. The Balaban J connectivity index is 1.77. The zero-order valence-corrected chi connectivity index (χ0v) is 19.2. The number of aromatic amines is 2. The molecule has 0 spiro atoms. The van der Waals surface area contributed by atoms with Crippen molar-refractivity contribution in [2.45, 2.75) is 33.1 Å². The van der Waals surface area contributed by atoms with Crippen LogP contribution in [-0.2, 0) is 0 Å². The summed E-state index contributed by atoms with van der Waals surface area (Å²) in [7, 11) is 3.96. The average Bonchev–Trinajstić information content (AvgIpc) is 3.37. The number of ether oxygens (including phenoxy) is 1. The van der Waals surface area contributed by atoms with Crippen LogP contribution in [0.4, 0.5) is 14.9 Å². The number of fused-ring (bicyclic) bond motifs is 1. The van der Waals surface area contributed by atoms with Gasteiger partial charge in [-0.25, -0.2) is 14.2 Å². The standard InChI is InChI=1S/C22H32FN7O2/c1-5-8-30(9-6-2)22(31)27-18-14-24-28-20(18)21-25-16-12-15(23)19(13-17(16)26-21)32-11-7-10-29(3)4/h12-14H,5-11H2,1-4H3,(H,24,28)(H,25,26)(H,27,31). The first-order valence-corrected chi connectivity index (χ1v) is 11.0. The highest BCUT2D eigenvalue weighted by atomic mass is 19.1. The lowest BCUT2D eigenvalue weighted by molar-refractivity contribution is 0.211. The summed E-state index contributed by atoms with van der Waals surface area (Å²) < 4.78 is 20.1. The highest BCUT2D eigenvalue weighted by molar-refractivity contribution is 5.93. The summed E-state index contributed by atoms with van der Waals surface area (Å²) in [4.78, 5) is 24.1. The smallest absolute Gasteiger partial charge is 0.321 e. The van der Waals surface area contributed by atoms with Crippen LogP contribution in [0.1, 0.15) is 33.1 Å². The molecule has 174 valence electrons. The summed E-state index contributed by atoms with van der Waals surface area (Å²) in [6.07, 6.45) is 4.08. The van der Waals surface area contributed by atoms with E-state index in [-0.39, 0.29) is 11.8 Å². The van der Waals surface area contributed by atoms with Gasteiger partial charge in [0.2, 0.25) is 0 Å². The van der Waals surface area contributed by atoms with Crippen LogP contribution in [0.5, 0.6) is 5.75 Å². The third-order valence-electron chi connectivity index (χ3n) is 4.93. The van der Waals surface area contributed by atoms with E-state index < -0.39 is 5.82 Å². The molecule has 0 unspecified atom stereocenters. The molecule has 9 nitrogen and oxygen atoms in total. The minimum Gasteiger partial charge on any atom is -0.490 e. The minimum absolute atomic E-state index is 0.169. The predicted octanol–water partition coefficient (Wildman–Crippen LogP) is 4.08. The van der Waals surface area contributed by atoms with Gasteiger partial charge in [-0.05, 0) is 33.4 Å². The number of carbonyl (C=O) groups is 1. The first kappa shape index (κ1) is 23.5. The summed E-state index contributed by atoms with van der Waals surface area (Å²) in [6, 6.07) is 2.76. The monoisotopic (exact) mass is 445 g/mol. The van der Waals surface area contributed by atoms with Crippen molar-refractivity contribution in [1.82, 2.24) is 30.0 Å². The second kappa shape index (κ2) is 10.9. The largest absolute Gasteiger partial charge is 0.490 e. The lowest BCUT2D eigenvalue weighted by Crippen LogP contribution is -2.36. The van der Waals surface area contributed by atoms with Crippen molar-refractivity contribution >= 4 is 22.8 Å². The van der Waals surface area contributed by atoms with Crippen LogP contribution in [0.2, 0.25) is 0 Å². The van der Waals surface area contributed by atoms with Crippen LogP contribution in [0.25, 0.3) is 22.6 Å². The van der Waals surface area contributed by atoms with Crippen LogP contribution >= 0.6 is 0 Å². The fourth-order valence-electron chi connectivity index (χ4n) is 3.41. The maximum Gasteiger partial charge on any atom is 0.321 e. The summed E-state index contributed by atoms with van der Waals surface area (Å²) >= 11 is 0. The maximum atomic E-state index is 14.5. The van der Waals surface area contributed by atoms with E-state index in [1.165, 1.54) is 12.3 Å². The topological polar surface area (TPSA) is 102 Å². The number of urea groups is 1. The van der Waals surface area contributed by atoms with Gasteiger partial charge >= 0.3 is 6.03 Å². The minimum atomic E-state index is -0.453. The van der Waals surface area contributed by atoms with Gasteiger partial charge < -0.3 is 24.8 Å². The molecule has 0 saturated carbocycles. The van der Waals surface area contributed by atoms with E-state index in [9.17, 15) is 9.18 Å². The first-order valence-electron chi connectivity index (χ1n) is 11.0. The Hall–Kier alpha value is -3.14. The average molecular weight is 446 g/mol. The van der Waals surface area contributed by atoms with E-state index in [0.29, 0.717) is 47.9 Å². The number of anilines is 1. The Bertz CT molecular complexity index is 1020. The van der Waals surface area contributed by atoms with Crippen molar-refractivity contribution in [2.75, 3.05) is 45.7 Å². The summed E-state index contributed by atoms with van der Waals surface area (Å²) in [5.74, 6) is 0.169. The van der Waals surface area contributed by atoms with Gasteiger partial charge in [-0.15, -0.1) is 0 Å². The van der Waals surface area contributed by atoms with Crippen LogP contribution in [0.15, 0.2) is 18.3 Å². The molecule has 0 bridgehead atoms. The highest BCUT2D eigenvalue weighted by Crippen LogP contribution is 2.29. The molecule has 1 aromatic carbocycles. The van der Waals surface area contributed by atoms with Gasteiger partial charge in [-0.3, -0.25) is 5.10 Å². The molecule has 3 aromatic rings. The molecule has 0 saturated heterocycles. The molecule has 2 amide bonds. The van der Waals surface area contributed by atoms with E-state index in [0.717, 1.165) is 25.8 Å². The molecule has 0 atom stereocenters. The molecule has 2 aromatic heterocycles. The van der Waals surface area contributed by atoms with Gasteiger partial charge in [0.1, 0.15) is 5.69 Å². The van der Waals surface area contributed by atoms with E-state index in [4.69, 9.17) is 4.74 Å². The molecule has 0 fully saturated rings. The molecule has 32 heavy (non-hydrogen) atoms. The van der Waals surface area contributed by atoms with Crippen molar-refractivity contribution < 1.29 is 13.9 Å². The number of nitrogens with one attached hydrogen (secondary N) is 3. The number of imidazole rings is 1. The number of carbonyl (C=O) groups excluding carboxylic acids is 1. The normalized spacial score (nSPS) is 11.3. The third kappa shape index (κ3) is 5.76. The quantitative estimate of drug-likeness (QED) is 0.386. The van der Waals surface area contributed by atoms with Crippen LogP contribution < -0.4 is 10.1 Å². The summed E-state index contributed by atoms with van der Waals surface area (Å²) in [6.45, 7) is 6.70. The van der Waals surface area contributed by atoms with E-state index in [2.05, 4.69) is 25.5 Å². The molecular formula is C22H32FN7O2. The molecule has 0 aliphatic heterocycles. The summed E-state index contributed by atoms with van der Waals surface area (Å²) in [5.41, 5.74) is 2.13. The Morgan fingerprint density at radius 2 is 1.94 bits per heavy atom. The lowest BCUT2D eigenvalue weighted by atomic mass is 10.3. The summed E-state index contributed by atoms with van der Waals surface area (Å²) in [5, 5.41) is 9.82. The number of halogens is 1. The molecular weight excluding hydrogens is 413 g/mol. The molecule has 0 aliphatic carbocycles. The zero-order valence-electron chi connectivity index (χ0n) is 19.2. The second-order valence-electron chi connectivity index (χ2n) is 7.97. The Kier molecular flexibility index (Phi) is 8.04.